The van der Waals surface area contributed by atoms with E-state index in [-0.39, 0.29) is 64.0 Å². The molecule has 9 rings (SSSR count). The summed E-state index contributed by atoms with van der Waals surface area (Å²) in [6.45, 7) is 10.0. The number of hydrogen-bond acceptors (Lipinski definition) is 16. The highest BCUT2D eigenvalue weighted by Gasteiger charge is 2.47. The van der Waals surface area contributed by atoms with E-state index in [0.717, 1.165) is 5.56 Å². The highest BCUT2D eigenvalue weighted by Crippen LogP contribution is 2.31. The van der Waals surface area contributed by atoms with Crippen LogP contribution in [0.3, 0.4) is 0 Å². The summed E-state index contributed by atoms with van der Waals surface area (Å²) in [5.41, 5.74) is 2.58. The number of carboxylic acid groups (broad SMARTS) is 1. The van der Waals surface area contributed by atoms with Crippen LogP contribution in [0, 0.1) is 11.8 Å². The van der Waals surface area contributed by atoms with Crippen molar-refractivity contribution in [1.29, 1.82) is 0 Å². The van der Waals surface area contributed by atoms with Crippen molar-refractivity contribution in [3.8, 4) is 5.75 Å². The summed E-state index contributed by atoms with van der Waals surface area (Å²) >= 11 is 0. The van der Waals surface area contributed by atoms with Crippen molar-refractivity contribution in [2.75, 3.05) is 27.2 Å². The van der Waals surface area contributed by atoms with Crippen LogP contribution in [-0.2, 0) is 75.6 Å². The number of fused-ring (bicyclic) bond motifs is 14. The van der Waals surface area contributed by atoms with Crippen molar-refractivity contribution in [3.05, 3.63) is 125 Å². The second-order valence-electron chi connectivity index (χ2n) is 23.4. The molecule has 88 heavy (non-hydrogen) atoms. The predicted octanol–water partition coefficient (Wildman–Crippen LogP) is 0.127. The van der Waals surface area contributed by atoms with E-state index in [1.165, 1.54) is 14.5 Å². The average Bonchev–Trinajstić information content (AvgIpc) is 2.46. The Kier molecular flexibility index (Phi) is 21.8. The molecule has 5 aromatic rings. The molecule has 27 heteroatoms. The summed E-state index contributed by atoms with van der Waals surface area (Å²) < 4.78 is 9.11. The third-order valence-electron chi connectivity index (χ3n) is 16.3. The van der Waals surface area contributed by atoms with Crippen LogP contribution in [-0.4, -0.2) is 180 Å². The summed E-state index contributed by atoms with van der Waals surface area (Å²) in [6.07, 6.45) is 3.06. The van der Waals surface area contributed by atoms with E-state index >= 15 is 0 Å². The largest absolute Gasteiger partial charge is 0.487 e. The van der Waals surface area contributed by atoms with Gasteiger partial charge in [-0.1, -0.05) is 111 Å². The first-order valence-electron chi connectivity index (χ1n) is 29.7. The van der Waals surface area contributed by atoms with E-state index in [4.69, 9.17) is 4.74 Å². The van der Waals surface area contributed by atoms with E-state index in [0.29, 0.717) is 22.6 Å². The molecule has 2 fully saturated rings. The number of carbonyl (C=O) groups is 9. The van der Waals surface area contributed by atoms with Crippen LogP contribution >= 0.6 is 0 Å². The molecule has 0 saturated carbocycles. The van der Waals surface area contributed by atoms with E-state index in [1.54, 1.807) is 139 Å². The maximum atomic E-state index is 14.9. The SMILES string of the molecule is CN[C@@H](C)C(=O)N[C@H](C(=O)N1C[C@@H]2CC1C(=O)N[C@@H](Cc1ccccc1)C(=O)N[C@H](C(=O)O)Cc1ccc(cc1)OCc1cn(nn1)[C@H]1C[C@@H](C(=O)N[C@@H](Cc3ccccc3)C(=O)NCc3cn2nn3)N(C(=O)[C@@H](NC(=O)[C@H](C)NC)C(C)C)C1)C(C)C. The van der Waals surface area contributed by atoms with Gasteiger partial charge in [0.05, 0.1) is 43.1 Å². The quantitative estimate of drug-likeness (QED) is 0.0673. The highest BCUT2D eigenvalue weighted by atomic mass is 16.5. The molecule has 0 radical (unpaired) electrons. The Morgan fingerprint density at radius 2 is 1.06 bits per heavy atom. The Morgan fingerprint density at radius 1 is 0.602 bits per heavy atom. The van der Waals surface area contributed by atoms with E-state index in [1.807, 2.05) is 18.2 Å². The lowest BCUT2D eigenvalue weighted by Crippen LogP contribution is -2.59. The Bertz CT molecular complexity index is 3270. The van der Waals surface area contributed by atoms with Gasteiger partial charge in [0, 0.05) is 45.2 Å². The normalized spacial score (nSPS) is 22.6. The lowest BCUT2D eigenvalue weighted by molar-refractivity contribution is -0.144. The lowest BCUT2D eigenvalue weighted by atomic mass is 10.0. The summed E-state index contributed by atoms with van der Waals surface area (Å²) in [7, 11) is 3.23. The Labute approximate surface area is 510 Å². The average molecular weight is 1210 g/mol. The molecule has 2 saturated heterocycles. The summed E-state index contributed by atoms with van der Waals surface area (Å²) in [5.74, 6) is -6.48. The van der Waals surface area contributed by atoms with Crippen LogP contribution in [0.5, 0.6) is 5.75 Å². The van der Waals surface area contributed by atoms with Crippen LogP contribution in [0.15, 0.2) is 97.3 Å². The smallest absolute Gasteiger partial charge is 0.326 e. The molecule has 2 aromatic heterocycles. The Morgan fingerprint density at radius 3 is 1.51 bits per heavy atom. The number of ether oxygens (including phenoxy) is 1. The number of aliphatic carboxylic acids is 1. The zero-order chi connectivity index (χ0) is 63.3. The molecule has 4 aliphatic rings. The minimum Gasteiger partial charge on any atom is -0.487 e. The number of carboxylic acids is 1. The molecule has 0 spiro atoms. The van der Waals surface area contributed by atoms with Gasteiger partial charge in [0.25, 0.3) is 0 Å². The van der Waals surface area contributed by atoms with Crippen LogP contribution in [0.25, 0.3) is 0 Å². The van der Waals surface area contributed by atoms with Crippen molar-refractivity contribution in [3.63, 3.8) is 0 Å². The van der Waals surface area contributed by atoms with Gasteiger partial charge in [-0.15, -0.1) is 10.2 Å². The lowest BCUT2D eigenvalue weighted by Gasteiger charge is -2.31. The molecule has 1 unspecified atom stereocenters. The van der Waals surface area contributed by atoms with Crippen LogP contribution in [0.1, 0.15) is 94.5 Å². The van der Waals surface area contributed by atoms with Gasteiger partial charge in [-0.2, -0.15) is 0 Å². The Balaban J connectivity index is 1.14. The fourth-order valence-corrected chi connectivity index (χ4v) is 10.9. The number of amides is 8. The molecule has 27 nitrogen and oxygen atoms in total. The number of rotatable bonds is 15. The van der Waals surface area contributed by atoms with Gasteiger partial charge >= 0.3 is 5.97 Å². The van der Waals surface area contributed by atoms with Crippen LogP contribution in [0.4, 0.5) is 0 Å². The van der Waals surface area contributed by atoms with E-state index in [2.05, 4.69) is 63.2 Å². The molecule has 8 amide bonds. The van der Waals surface area contributed by atoms with E-state index < -0.39 is 132 Å². The topological polar surface area (TPSA) is 347 Å². The molecule has 4 aliphatic heterocycles. The first kappa shape index (κ1) is 64.9. The summed E-state index contributed by atoms with van der Waals surface area (Å²) in [5, 5.41) is 50.7. The van der Waals surface area contributed by atoms with Crippen LogP contribution < -0.4 is 47.3 Å². The predicted molar refractivity (Wildman–Crippen MR) is 319 cm³/mol. The number of benzene rings is 3. The fraction of sp³-hybridized carbons (Fsp3) is 0.492. The fourth-order valence-electron chi connectivity index (χ4n) is 10.9. The zero-order valence-electron chi connectivity index (χ0n) is 50.7. The third-order valence-corrected chi connectivity index (χ3v) is 16.3. The number of carbonyl (C=O) groups excluding carboxylic acids is 8. The minimum atomic E-state index is -1.45. The molecule has 0 aliphatic carbocycles. The molecule has 9 N–H and O–H groups in total. The monoisotopic (exact) mass is 1210 g/mol. The minimum absolute atomic E-state index is 0.0114. The van der Waals surface area contributed by atoms with Crippen LogP contribution in [0.2, 0.25) is 0 Å². The highest BCUT2D eigenvalue weighted by molar-refractivity contribution is 5.97. The van der Waals surface area contributed by atoms with Crippen molar-refractivity contribution in [2.24, 2.45) is 11.8 Å². The van der Waals surface area contributed by atoms with E-state index in [9.17, 15) is 48.3 Å². The number of likely N-dealkylation sites (N-methyl/N-ethyl adjacent to an activating group) is 2. The molecular formula is C61H80N16O11. The first-order valence-corrected chi connectivity index (χ1v) is 29.7. The van der Waals surface area contributed by atoms with Crippen molar-refractivity contribution in [2.45, 2.75) is 153 Å². The van der Waals surface area contributed by atoms with Crippen molar-refractivity contribution in [1.82, 2.24) is 82.3 Å². The number of nitrogens with one attached hydrogen (secondary N) is 8. The van der Waals surface area contributed by atoms with Gasteiger partial charge < -0.3 is 62.2 Å². The summed E-state index contributed by atoms with van der Waals surface area (Å²) in [6, 6.07) is 13.4. The zero-order valence-corrected chi connectivity index (χ0v) is 50.7. The van der Waals surface area contributed by atoms with Gasteiger partial charge in [0.1, 0.15) is 66.0 Å². The second kappa shape index (κ2) is 29.5. The number of aromatic nitrogens is 6. The molecule has 470 valence electrons. The first-order chi connectivity index (χ1) is 42.1. The second-order valence-corrected chi connectivity index (χ2v) is 23.4. The van der Waals surface area contributed by atoms with Crippen molar-refractivity contribution < 1.29 is 53.0 Å². The van der Waals surface area contributed by atoms with Gasteiger partial charge in [0.15, 0.2) is 0 Å². The Hall–Kier alpha value is -9.11. The molecular weight excluding hydrogens is 1130 g/mol. The van der Waals surface area contributed by atoms with Gasteiger partial charge in [0.2, 0.25) is 47.3 Å². The van der Waals surface area contributed by atoms with Gasteiger partial charge in [-0.05, 0) is 68.6 Å². The molecule has 3 aromatic carbocycles. The standard InChI is InChI=1S/C61H80N16O11/c1-34(2)51(68-53(78)36(5)62-7)59(84)74-31-43-26-50(74)58(83)66-47(24-39-17-13-10-14-18-39)56(81)67-48(61(86)87)25-40-19-21-45(22-20-40)88-33-42-30-77(73-71-42)44-27-49(75(32-44)60(85)52(35(3)4)69-54(79)37(6)63-8)57(82)65-46(23-38-15-11-9-12-16-38)55(80)64-28-41-29-76(43)72-70-41/h9-22,29-30,34-37,43-44,46-52,62-63H,23-28,31-33H2,1-8H3,(H,64,80)(H,65,82)(H,66,83)(H,67,81)(H,68,78)(H,69,79)(H,86,87)/t36-,37-,43-,44-,46-,47-,48-,49-,50?,51-,52-/m0/s1. The van der Waals surface area contributed by atoms with Gasteiger partial charge in [-0.3, -0.25) is 38.4 Å². The molecule has 10 bridgehead atoms. The van der Waals surface area contributed by atoms with Gasteiger partial charge in [-0.25, -0.2) is 14.2 Å². The maximum Gasteiger partial charge on any atom is 0.326 e. The maximum absolute atomic E-state index is 14.9. The molecule has 6 heterocycles. The third kappa shape index (κ3) is 16.3. The van der Waals surface area contributed by atoms with Crippen molar-refractivity contribution >= 4 is 53.2 Å². The molecule has 11 atom stereocenters. The number of hydrogen-bond donors (Lipinski definition) is 9. The number of nitrogens with zero attached hydrogens (tertiary/aromatic N) is 8. The summed E-state index contributed by atoms with van der Waals surface area (Å²) in [4.78, 5) is 131. The number of likely N-dealkylation sites (tertiary alicyclic amines) is 2.